The number of methoxy groups -OCH3 is 1. The van der Waals surface area contributed by atoms with Gasteiger partial charge in [0.05, 0.1) is 17.9 Å². The van der Waals surface area contributed by atoms with Gasteiger partial charge in [0.2, 0.25) is 0 Å². The van der Waals surface area contributed by atoms with E-state index < -0.39 is 0 Å². The molecule has 0 atom stereocenters. The van der Waals surface area contributed by atoms with Crippen molar-refractivity contribution < 1.29 is 9.53 Å². The van der Waals surface area contributed by atoms with E-state index in [2.05, 4.69) is 0 Å². The molecule has 104 valence electrons. The zero-order valence-electron chi connectivity index (χ0n) is 11.4. The van der Waals surface area contributed by atoms with E-state index in [1.165, 1.54) is 11.8 Å². The van der Waals surface area contributed by atoms with Crippen molar-refractivity contribution in [2.45, 2.75) is 11.8 Å². The second-order valence-corrected chi connectivity index (χ2v) is 5.75. The highest BCUT2D eigenvalue weighted by Crippen LogP contribution is 2.27. The molecule has 0 aliphatic heterocycles. The Balaban J connectivity index is 2.07. The Bertz CT molecular complexity index is 626. The third kappa shape index (κ3) is 3.56. The van der Waals surface area contributed by atoms with E-state index in [0.29, 0.717) is 10.8 Å². The van der Waals surface area contributed by atoms with Gasteiger partial charge in [-0.2, -0.15) is 0 Å². The molecule has 0 bridgehead atoms. The standard InChI is InChI=1S/C16H15ClO2S/c1-11-9-12(19-2)7-8-13(11)15(18)10-20-16-6-4-3-5-14(16)17/h3-9H,10H2,1-2H3. The summed E-state index contributed by atoms with van der Waals surface area (Å²) < 4.78 is 5.14. The van der Waals surface area contributed by atoms with Gasteiger partial charge in [0, 0.05) is 10.5 Å². The molecule has 20 heavy (non-hydrogen) atoms. The predicted molar refractivity (Wildman–Crippen MR) is 84.2 cm³/mol. The molecule has 0 amide bonds. The minimum absolute atomic E-state index is 0.0927. The zero-order chi connectivity index (χ0) is 14.5. The Labute approximate surface area is 128 Å². The lowest BCUT2D eigenvalue weighted by molar-refractivity contribution is 0.102. The van der Waals surface area contributed by atoms with Crippen LogP contribution in [0.15, 0.2) is 47.4 Å². The van der Waals surface area contributed by atoms with Crippen molar-refractivity contribution >= 4 is 29.1 Å². The van der Waals surface area contributed by atoms with Crippen molar-refractivity contribution in [3.05, 3.63) is 58.6 Å². The molecule has 2 nitrogen and oxygen atoms in total. The van der Waals surface area contributed by atoms with Gasteiger partial charge in [-0.05, 0) is 42.8 Å². The number of hydrogen-bond donors (Lipinski definition) is 0. The molecule has 0 spiro atoms. The molecule has 0 fully saturated rings. The van der Waals surface area contributed by atoms with Crippen molar-refractivity contribution in [2.24, 2.45) is 0 Å². The van der Waals surface area contributed by atoms with Crippen molar-refractivity contribution in [3.8, 4) is 5.75 Å². The van der Waals surface area contributed by atoms with E-state index in [1.807, 2.05) is 43.3 Å². The molecule has 4 heteroatoms. The fraction of sp³-hybridized carbons (Fsp3) is 0.188. The Hall–Kier alpha value is -1.45. The van der Waals surface area contributed by atoms with Crippen LogP contribution >= 0.6 is 23.4 Å². The summed E-state index contributed by atoms with van der Waals surface area (Å²) in [5.41, 5.74) is 1.65. The van der Waals surface area contributed by atoms with E-state index in [4.69, 9.17) is 16.3 Å². The molecule has 2 rings (SSSR count). The lowest BCUT2D eigenvalue weighted by Crippen LogP contribution is -2.05. The maximum Gasteiger partial charge on any atom is 0.173 e. The number of rotatable bonds is 5. The third-order valence-electron chi connectivity index (χ3n) is 2.93. The van der Waals surface area contributed by atoms with Crippen LogP contribution in [-0.4, -0.2) is 18.6 Å². The van der Waals surface area contributed by atoms with Crippen molar-refractivity contribution in [3.63, 3.8) is 0 Å². The lowest BCUT2D eigenvalue weighted by atomic mass is 10.1. The normalized spacial score (nSPS) is 10.3. The Morgan fingerprint density at radius 2 is 2.00 bits per heavy atom. The first-order valence-corrected chi connectivity index (χ1v) is 7.53. The van der Waals surface area contributed by atoms with Gasteiger partial charge in [0.1, 0.15) is 5.75 Å². The fourth-order valence-electron chi connectivity index (χ4n) is 1.86. The van der Waals surface area contributed by atoms with Crippen LogP contribution in [0.5, 0.6) is 5.75 Å². The maximum atomic E-state index is 12.2. The molecule has 0 unspecified atom stereocenters. The molecule has 0 aliphatic carbocycles. The molecular weight excluding hydrogens is 292 g/mol. The van der Waals surface area contributed by atoms with E-state index in [0.717, 1.165) is 21.8 Å². The number of thioether (sulfide) groups is 1. The highest BCUT2D eigenvalue weighted by molar-refractivity contribution is 8.00. The van der Waals surface area contributed by atoms with Crippen LogP contribution in [0.4, 0.5) is 0 Å². The van der Waals surface area contributed by atoms with Crippen LogP contribution in [0, 0.1) is 6.92 Å². The topological polar surface area (TPSA) is 26.3 Å². The zero-order valence-corrected chi connectivity index (χ0v) is 12.9. The van der Waals surface area contributed by atoms with Crippen molar-refractivity contribution in [1.29, 1.82) is 0 Å². The first kappa shape index (κ1) is 14.9. The summed E-state index contributed by atoms with van der Waals surface area (Å²) >= 11 is 7.53. The Morgan fingerprint density at radius 1 is 1.25 bits per heavy atom. The molecule has 0 N–H and O–H groups in total. The third-order valence-corrected chi connectivity index (χ3v) is 4.44. The first-order chi connectivity index (χ1) is 9.61. The molecular formula is C16H15ClO2S. The minimum atomic E-state index is 0.0927. The Morgan fingerprint density at radius 3 is 2.65 bits per heavy atom. The summed E-state index contributed by atoms with van der Waals surface area (Å²) in [5, 5.41) is 0.678. The molecule has 0 aromatic heterocycles. The van der Waals surface area contributed by atoms with Crippen LogP contribution < -0.4 is 4.74 Å². The predicted octanol–water partition coefficient (Wildman–Crippen LogP) is 4.63. The van der Waals surface area contributed by atoms with Crippen LogP contribution in [0.2, 0.25) is 5.02 Å². The molecule has 0 saturated carbocycles. The van der Waals surface area contributed by atoms with Gasteiger partial charge in [-0.25, -0.2) is 0 Å². The summed E-state index contributed by atoms with van der Waals surface area (Å²) in [6.45, 7) is 1.91. The van der Waals surface area contributed by atoms with Gasteiger partial charge in [-0.3, -0.25) is 4.79 Å². The number of hydrogen-bond acceptors (Lipinski definition) is 3. The SMILES string of the molecule is COc1ccc(C(=O)CSc2ccccc2Cl)c(C)c1. The number of Topliss-reactive ketones (excluding diaryl/α,β-unsaturated/α-hetero) is 1. The lowest BCUT2D eigenvalue weighted by Gasteiger charge is -2.08. The Kier molecular flexibility index (Phi) is 5.10. The van der Waals surface area contributed by atoms with Crippen LogP contribution in [0.3, 0.4) is 0 Å². The smallest absolute Gasteiger partial charge is 0.173 e. The highest BCUT2D eigenvalue weighted by atomic mass is 35.5. The summed E-state index contributed by atoms with van der Waals surface area (Å²) in [5.74, 6) is 1.23. The van der Waals surface area contributed by atoms with Crippen molar-refractivity contribution in [1.82, 2.24) is 0 Å². The minimum Gasteiger partial charge on any atom is -0.497 e. The van der Waals surface area contributed by atoms with E-state index in [-0.39, 0.29) is 5.78 Å². The average Bonchev–Trinajstić information content (AvgIpc) is 2.46. The second kappa shape index (κ2) is 6.82. The van der Waals surface area contributed by atoms with Crippen LogP contribution in [0.1, 0.15) is 15.9 Å². The molecule has 0 heterocycles. The quantitative estimate of drug-likeness (QED) is 0.595. The maximum absolute atomic E-state index is 12.2. The van der Waals surface area contributed by atoms with E-state index in [9.17, 15) is 4.79 Å². The number of carbonyl (C=O) groups excluding carboxylic acids is 1. The van der Waals surface area contributed by atoms with Gasteiger partial charge in [0.25, 0.3) is 0 Å². The van der Waals surface area contributed by atoms with Crippen LogP contribution in [-0.2, 0) is 0 Å². The largest absolute Gasteiger partial charge is 0.497 e. The van der Waals surface area contributed by atoms with Gasteiger partial charge in [-0.1, -0.05) is 23.7 Å². The number of ketones is 1. The molecule has 2 aromatic rings. The molecule has 0 saturated heterocycles. The average molecular weight is 307 g/mol. The summed E-state index contributed by atoms with van der Waals surface area (Å²) in [6.07, 6.45) is 0. The monoisotopic (exact) mass is 306 g/mol. The second-order valence-electron chi connectivity index (χ2n) is 4.32. The number of benzene rings is 2. The molecule has 2 aromatic carbocycles. The van der Waals surface area contributed by atoms with E-state index >= 15 is 0 Å². The van der Waals surface area contributed by atoms with Gasteiger partial charge < -0.3 is 4.74 Å². The number of ether oxygens (including phenoxy) is 1. The molecule has 0 radical (unpaired) electrons. The summed E-state index contributed by atoms with van der Waals surface area (Å²) in [4.78, 5) is 13.2. The first-order valence-electron chi connectivity index (χ1n) is 6.17. The van der Waals surface area contributed by atoms with Gasteiger partial charge in [-0.15, -0.1) is 11.8 Å². The van der Waals surface area contributed by atoms with Crippen molar-refractivity contribution in [2.75, 3.05) is 12.9 Å². The summed E-state index contributed by atoms with van der Waals surface area (Å²) in [7, 11) is 1.61. The number of aryl methyl sites for hydroxylation is 1. The van der Waals surface area contributed by atoms with Crippen LogP contribution in [0.25, 0.3) is 0 Å². The summed E-state index contributed by atoms with van der Waals surface area (Å²) in [6, 6.07) is 13.0. The number of carbonyl (C=O) groups is 1. The van der Waals surface area contributed by atoms with Gasteiger partial charge in [0.15, 0.2) is 5.78 Å². The molecule has 0 aliphatic rings. The fourth-order valence-corrected chi connectivity index (χ4v) is 2.98. The highest BCUT2D eigenvalue weighted by Gasteiger charge is 2.11. The number of halogens is 1. The van der Waals surface area contributed by atoms with E-state index in [1.54, 1.807) is 13.2 Å². The van der Waals surface area contributed by atoms with Gasteiger partial charge >= 0.3 is 0 Å².